The van der Waals surface area contributed by atoms with Crippen molar-refractivity contribution in [1.29, 1.82) is 0 Å². The predicted octanol–water partition coefficient (Wildman–Crippen LogP) is 3.24. The summed E-state index contributed by atoms with van der Waals surface area (Å²) in [5, 5.41) is 6.50. The van der Waals surface area contributed by atoms with Gasteiger partial charge in [0.15, 0.2) is 0 Å². The maximum absolute atomic E-state index is 12.0. The molecule has 0 aliphatic heterocycles. The summed E-state index contributed by atoms with van der Waals surface area (Å²) in [6.07, 6.45) is 0. The Kier molecular flexibility index (Phi) is 4.05. The lowest BCUT2D eigenvalue weighted by molar-refractivity contribution is 0.667. The largest absolute Gasteiger partial charge is 0.309 e. The van der Waals surface area contributed by atoms with Crippen LogP contribution in [-0.4, -0.2) is 9.97 Å². The van der Waals surface area contributed by atoms with E-state index < -0.39 is 0 Å². The van der Waals surface area contributed by atoms with E-state index in [0.29, 0.717) is 28.3 Å². The summed E-state index contributed by atoms with van der Waals surface area (Å²) < 4.78 is 0. The van der Waals surface area contributed by atoms with Crippen LogP contribution >= 0.6 is 22.9 Å². The fourth-order valence-corrected chi connectivity index (χ4v) is 3.17. The van der Waals surface area contributed by atoms with Crippen LogP contribution in [0, 0.1) is 6.92 Å². The molecule has 0 amide bonds. The normalized spacial score (nSPS) is 11.1. The molecular weight excluding hydrogens is 306 g/mol. The molecule has 2 N–H and O–H groups in total. The van der Waals surface area contributed by atoms with E-state index in [-0.39, 0.29) is 5.56 Å². The van der Waals surface area contributed by atoms with Crippen LogP contribution in [0.3, 0.4) is 0 Å². The van der Waals surface area contributed by atoms with Gasteiger partial charge < -0.3 is 10.3 Å². The zero-order valence-corrected chi connectivity index (χ0v) is 13.0. The molecule has 4 nitrogen and oxygen atoms in total. The van der Waals surface area contributed by atoms with Gasteiger partial charge in [0.1, 0.15) is 5.82 Å². The van der Waals surface area contributed by atoms with E-state index in [2.05, 4.69) is 33.7 Å². The lowest BCUT2D eigenvalue weighted by atomic mass is 10.2. The molecule has 0 aliphatic rings. The number of rotatable bonds is 4. The number of H-pyrrole nitrogens is 1. The molecule has 1 aromatic carbocycles. The van der Waals surface area contributed by atoms with Crippen LogP contribution in [0.25, 0.3) is 10.9 Å². The first-order valence-corrected chi connectivity index (χ1v) is 7.81. The number of nitrogens with zero attached hydrogens (tertiary/aromatic N) is 1. The van der Waals surface area contributed by atoms with Gasteiger partial charge in [-0.1, -0.05) is 11.6 Å². The number of benzene rings is 1. The zero-order valence-electron chi connectivity index (χ0n) is 11.4. The van der Waals surface area contributed by atoms with Crippen LogP contribution in [0.15, 0.2) is 34.4 Å². The molecule has 108 valence electrons. The first kappa shape index (κ1) is 14.3. The van der Waals surface area contributed by atoms with E-state index in [1.807, 2.05) is 0 Å². The molecular formula is C15H14ClN3OS. The Morgan fingerprint density at radius 1 is 1.33 bits per heavy atom. The summed E-state index contributed by atoms with van der Waals surface area (Å²) in [7, 11) is 0. The average Bonchev–Trinajstić information content (AvgIpc) is 2.84. The Morgan fingerprint density at radius 3 is 2.95 bits per heavy atom. The van der Waals surface area contributed by atoms with Crippen molar-refractivity contribution >= 4 is 33.8 Å². The van der Waals surface area contributed by atoms with Gasteiger partial charge in [-0.2, -0.15) is 0 Å². The van der Waals surface area contributed by atoms with E-state index in [1.54, 1.807) is 29.5 Å². The standard InChI is InChI=1S/C15H14ClN3OS/c1-9-4-5-21-13(9)7-17-8-14-18-12-6-10(16)2-3-11(12)15(20)19-14/h2-6,17H,7-8H2,1H3,(H,18,19,20). The molecule has 6 heteroatoms. The molecule has 21 heavy (non-hydrogen) atoms. The van der Waals surface area contributed by atoms with Gasteiger partial charge >= 0.3 is 0 Å². The van der Waals surface area contributed by atoms with Gasteiger partial charge in [-0.25, -0.2) is 4.98 Å². The predicted molar refractivity (Wildman–Crippen MR) is 87.0 cm³/mol. The second-order valence-corrected chi connectivity index (χ2v) is 6.24. The van der Waals surface area contributed by atoms with Crippen molar-refractivity contribution < 1.29 is 0 Å². The monoisotopic (exact) mass is 319 g/mol. The second kappa shape index (κ2) is 5.97. The molecule has 0 spiro atoms. The molecule has 0 bridgehead atoms. The van der Waals surface area contributed by atoms with Crippen molar-refractivity contribution in [3.8, 4) is 0 Å². The Balaban J connectivity index is 1.78. The maximum atomic E-state index is 12.0. The molecule has 0 saturated heterocycles. The minimum atomic E-state index is -0.138. The fourth-order valence-electron chi connectivity index (χ4n) is 2.12. The fraction of sp³-hybridized carbons (Fsp3) is 0.200. The second-order valence-electron chi connectivity index (χ2n) is 4.80. The quantitative estimate of drug-likeness (QED) is 0.776. The summed E-state index contributed by atoms with van der Waals surface area (Å²) in [5.41, 5.74) is 1.76. The Hall–Kier alpha value is -1.69. The Morgan fingerprint density at radius 2 is 2.19 bits per heavy atom. The number of thiophene rings is 1. The van der Waals surface area contributed by atoms with Crippen LogP contribution < -0.4 is 10.9 Å². The van der Waals surface area contributed by atoms with Gasteiger partial charge in [0, 0.05) is 16.4 Å². The molecule has 3 aromatic rings. The minimum absolute atomic E-state index is 0.138. The highest BCUT2D eigenvalue weighted by Crippen LogP contribution is 2.16. The van der Waals surface area contributed by atoms with Crippen molar-refractivity contribution in [2.75, 3.05) is 0 Å². The van der Waals surface area contributed by atoms with Gasteiger partial charge in [-0.15, -0.1) is 11.3 Å². The summed E-state index contributed by atoms with van der Waals surface area (Å²) in [6.45, 7) is 3.36. The minimum Gasteiger partial charge on any atom is -0.309 e. The highest BCUT2D eigenvalue weighted by Gasteiger charge is 2.05. The third-order valence-corrected chi connectivity index (χ3v) is 4.52. The zero-order chi connectivity index (χ0) is 14.8. The number of fused-ring (bicyclic) bond motifs is 1. The van der Waals surface area contributed by atoms with Gasteiger partial charge in [-0.3, -0.25) is 4.79 Å². The Bertz CT molecular complexity index is 840. The molecule has 2 aromatic heterocycles. The van der Waals surface area contributed by atoms with Crippen LogP contribution in [-0.2, 0) is 13.1 Å². The van der Waals surface area contributed by atoms with Crippen molar-refractivity contribution in [3.63, 3.8) is 0 Å². The molecule has 0 aliphatic carbocycles. The number of halogens is 1. The first-order valence-electron chi connectivity index (χ1n) is 6.55. The third kappa shape index (κ3) is 3.15. The number of aromatic nitrogens is 2. The van der Waals surface area contributed by atoms with E-state index in [1.165, 1.54) is 10.4 Å². The lowest BCUT2D eigenvalue weighted by Gasteiger charge is -2.05. The highest BCUT2D eigenvalue weighted by molar-refractivity contribution is 7.10. The number of aromatic amines is 1. The SMILES string of the molecule is Cc1ccsc1CNCc1nc2cc(Cl)ccc2c(=O)[nH]1. The summed E-state index contributed by atoms with van der Waals surface area (Å²) in [6, 6.07) is 7.19. The van der Waals surface area contributed by atoms with Crippen LogP contribution in [0.1, 0.15) is 16.3 Å². The third-order valence-electron chi connectivity index (χ3n) is 3.26. The van der Waals surface area contributed by atoms with Gasteiger partial charge in [0.2, 0.25) is 0 Å². The topological polar surface area (TPSA) is 57.8 Å². The average molecular weight is 320 g/mol. The summed E-state index contributed by atoms with van der Waals surface area (Å²) in [5.74, 6) is 0.615. The number of aryl methyl sites for hydroxylation is 1. The molecule has 0 saturated carbocycles. The van der Waals surface area contributed by atoms with Gasteiger partial charge in [0.25, 0.3) is 5.56 Å². The molecule has 0 unspecified atom stereocenters. The van der Waals surface area contributed by atoms with E-state index in [9.17, 15) is 4.79 Å². The van der Waals surface area contributed by atoms with Gasteiger partial charge in [0.05, 0.1) is 17.4 Å². The van der Waals surface area contributed by atoms with Crippen LogP contribution in [0.2, 0.25) is 5.02 Å². The van der Waals surface area contributed by atoms with Crippen LogP contribution in [0.4, 0.5) is 0 Å². The summed E-state index contributed by atoms with van der Waals surface area (Å²) in [4.78, 5) is 20.5. The molecule has 0 fully saturated rings. The smallest absolute Gasteiger partial charge is 0.258 e. The van der Waals surface area contributed by atoms with E-state index in [4.69, 9.17) is 11.6 Å². The molecule has 0 radical (unpaired) electrons. The molecule has 2 heterocycles. The van der Waals surface area contributed by atoms with Crippen LogP contribution in [0.5, 0.6) is 0 Å². The van der Waals surface area contributed by atoms with Gasteiger partial charge in [-0.05, 0) is 42.1 Å². The summed E-state index contributed by atoms with van der Waals surface area (Å²) >= 11 is 7.67. The van der Waals surface area contributed by atoms with Crippen molar-refractivity contribution in [2.24, 2.45) is 0 Å². The highest BCUT2D eigenvalue weighted by atomic mass is 35.5. The Labute approximate surface area is 130 Å². The van der Waals surface area contributed by atoms with Crippen molar-refractivity contribution in [2.45, 2.75) is 20.0 Å². The number of hydrogen-bond donors (Lipinski definition) is 2. The van der Waals surface area contributed by atoms with Crippen molar-refractivity contribution in [1.82, 2.24) is 15.3 Å². The van der Waals surface area contributed by atoms with Crippen molar-refractivity contribution in [3.05, 3.63) is 61.3 Å². The number of nitrogens with one attached hydrogen (secondary N) is 2. The first-order chi connectivity index (χ1) is 10.1. The molecule has 3 rings (SSSR count). The lowest BCUT2D eigenvalue weighted by Crippen LogP contribution is -2.19. The van der Waals surface area contributed by atoms with E-state index in [0.717, 1.165) is 6.54 Å². The number of hydrogen-bond acceptors (Lipinski definition) is 4. The molecule has 0 atom stereocenters. The van der Waals surface area contributed by atoms with E-state index >= 15 is 0 Å². The maximum Gasteiger partial charge on any atom is 0.258 e.